The fourth-order valence-corrected chi connectivity index (χ4v) is 2.15. The van der Waals surface area contributed by atoms with Crippen molar-refractivity contribution in [2.75, 3.05) is 36.6 Å². The summed E-state index contributed by atoms with van der Waals surface area (Å²) in [5.41, 5.74) is 2.41. The Morgan fingerprint density at radius 1 is 1.35 bits per heavy atom. The zero-order chi connectivity index (χ0) is 16.1. The lowest BCUT2D eigenvalue weighted by Gasteiger charge is -2.26. The first-order valence-electron chi connectivity index (χ1n) is 7.05. The lowest BCUT2D eigenvalue weighted by atomic mass is 10.4. The second-order valence-electron chi connectivity index (χ2n) is 4.77. The van der Waals surface area contributed by atoms with Crippen LogP contribution in [0.5, 0.6) is 0 Å². The number of aromatic nitrogens is 1. The van der Waals surface area contributed by atoms with Crippen molar-refractivity contribution < 1.29 is 14.1 Å². The van der Waals surface area contributed by atoms with Crippen molar-refractivity contribution >= 4 is 23.6 Å². The van der Waals surface area contributed by atoms with E-state index in [-0.39, 0.29) is 11.5 Å². The van der Waals surface area contributed by atoms with Crippen LogP contribution < -0.4 is 10.3 Å². The average Bonchev–Trinajstić information content (AvgIpc) is 3.05. The maximum atomic E-state index is 10.9. The third-order valence-electron chi connectivity index (χ3n) is 3.28. The molecule has 3 heterocycles. The highest BCUT2D eigenvalue weighted by atomic mass is 16.6. The molecular weight excluding hydrogens is 302 g/mol. The highest BCUT2D eigenvalue weighted by molar-refractivity contribution is 5.77. The van der Waals surface area contributed by atoms with E-state index in [1.54, 1.807) is 6.07 Å². The minimum Gasteiger partial charge on any atom is -0.440 e. The molecule has 1 fully saturated rings. The molecule has 0 aliphatic carbocycles. The van der Waals surface area contributed by atoms with E-state index in [2.05, 4.69) is 20.4 Å². The van der Waals surface area contributed by atoms with E-state index < -0.39 is 4.92 Å². The lowest BCUT2D eigenvalue weighted by Crippen LogP contribution is -2.35. The molecule has 0 aromatic carbocycles. The van der Waals surface area contributed by atoms with Crippen molar-refractivity contribution in [2.24, 2.45) is 5.10 Å². The number of hydrogen-bond donors (Lipinski definition) is 1. The molecule has 1 N–H and O–H groups in total. The Bertz CT molecular complexity index is 709. The smallest absolute Gasteiger partial charge is 0.313 e. The van der Waals surface area contributed by atoms with Gasteiger partial charge in [-0.25, -0.2) is 4.98 Å². The molecule has 120 valence electrons. The Balaban J connectivity index is 1.65. The molecule has 0 bridgehead atoms. The Morgan fingerprint density at radius 3 is 2.96 bits per heavy atom. The number of nitrogens with zero attached hydrogens (tertiary/aromatic N) is 4. The number of morpholine rings is 1. The summed E-state index contributed by atoms with van der Waals surface area (Å²) in [5, 5.41) is 14.8. The first-order valence-corrected chi connectivity index (χ1v) is 7.05. The fraction of sp³-hybridized carbons (Fsp3) is 0.286. The summed E-state index contributed by atoms with van der Waals surface area (Å²) < 4.78 is 11.0. The van der Waals surface area contributed by atoms with Crippen molar-refractivity contribution in [3.8, 4) is 0 Å². The van der Waals surface area contributed by atoms with Crippen LogP contribution in [0.3, 0.4) is 0 Å². The highest BCUT2D eigenvalue weighted by Crippen LogP contribution is 2.21. The molecule has 9 nitrogen and oxygen atoms in total. The SMILES string of the molecule is O=[N+]([O-])c1cccnc1N/N=C\c1ccc(N2CCOCC2)o1. The maximum absolute atomic E-state index is 10.9. The van der Waals surface area contributed by atoms with E-state index in [0.29, 0.717) is 19.0 Å². The topological polar surface area (TPSA) is 106 Å². The summed E-state index contributed by atoms with van der Waals surface area (Å²) in [7, 11) is 0. The highest BCUT2D eigenvalue weighted by Gasteiger charge is 2.15. The van der Waals surface area contributed by atoms with Gasteiger partial charge in [-0.05, 0) is 12.1 Å². The maximum Gasteiger partial charge on any atom is 0.313 e. The van der Waals surface area contributed by atoms with Gasteiger partial charge in [-0.1, -0.05) is 0 Å². The van der Waals surface area contributed by atoms with Crippen LogP contribution >= 0.6 is 0 Å². The van der Waals surface area contributed by atoms with Gasteiger partial charge in [-0.15, -0.1) is 0 Å². The number of nitrogens with one attached hydrogen (secondary N) is 1. The van der Waals surface area contributed by atoms with Gasteiger partial charge in [-0.3, -0.25) is 15.5 Å². The van der Waals surface area contributed by atoms with E-state index in [4.69, 9.17) is 9.15 Å². The molecule has 0 unspecified atom stereocenters. The number of ether oxygens (including phenoxy) is 1. The van der Waals surface area contributed by atoms with Crippen molar-refractivity contribution in [2.45, 2.75) is 0 Å². The van der Waals surface area contributed by atoms with Crippen LogP contribution in [0.25, 0.3) is 0 Å². The number of furan rings is 1. The summed E-state index contributed by atoms with van der Waals surface area (Å²) in [6.07, 6.45) is 2.90. The normalized spacial score (nSPS) is 15.0. The van der Waals surface area contributed by atoms with Gasteiger partial charge in [0, 0.05) is 31.4 Å². The van der Waals surface area contributed by atoms with Crippen LogP contribution in [0.2, 0.25) is 0 Å². The predicted octanol–water partition coefficient (Wildman–Crippen LogP) is 1.87. The van der Waals surface area contributed by atoms with Crippen molar-refractivity contribution in [1.82, 2.24) is 4.98 Å². The predicted molar refractivity (Wildman–Crippen MR) is 83.8 cm³/mol. The average molecular weight is 317 g/mol. The van der Waals surface area contributed by atoms with E-state index in [0.717, 1.165) is 19.0 Å². The number of hydrazone groups is 1. The molecule has 0 radical (unpaired) electrons. The number of nitro groups is 1. The molecule has 2 aromatic rings. The molecule has 0 amide bonds. The largest absolute Gasteiger partial charge is 0.440 e. The third-order valence-corrected chi connectivity index (χ3v) is 3.28. The van der Waals surface area contributed by atoms with Gasteiger partial charge in [0.1, 0.15) is 5.76 Å². The van der Waals surface area contributed by atoms with Gasteiger partial charge in [0.2, 0.25) is 5.82 Å². The molecule has 0 saturated carbocycles. The van der Waals surface area contributed by atoms with Crippen molar-refractivity contribution in [3.05, 3.63) is 46.3 Å². The standard InChI is InChI=1S/C14H15N5O4/c20-19(21)12-2-1-5-15-14(12)17-16-10-11-3-4-13(23-11)18-6-8-22-9-7-18/h1-5,10H,6-9H2,(H,15,17)/b16-10-. The van der Waals surface area contributed by atoms with Gasteiger partial charge in [-0.2, -0.15) is 5.10 Å². The van der Waals surface area contributed by atoms with Crippen LogP contribution in [0.15, 0.2) is 40.0 Å². The number of hydrogen-bond acceptors (Lipinski definition) is 8. The molecule has 9 heteroatoms. The van der Waals surface area contributed by atoms with Gasteiger partial charge < -0.3 is 14.1 Å². The van der Waals surface area contributed by atoms with Gasteiger partial charge in [0.25, 0.3) is 0 Å². The number of pyridine rings is 1. The van der Waals surface area contributed by atoms with E-state index >= 15 is 0 Å². The second-order valence-corrected chi connectivity index (χ2v) is 4.77. The summed E-state index contributed by atoms with van der Waals surface area (Å²) >= 11 is 0. The quantitative estimate of drug-likeness (QED) is 0.509. The molecule has 0 spiro atoms. The van der Waals surface area contributed by atoms with E-state index in [1.165, 1.54) is 24.5 Å². The Hall–Kier alpha value is -2.94. The van der Waals surface area contributed by atoms with Gasteiger partial charge >= 0.3 is 5.69 Å². The van der Waals surface area contributed by atoms with E-state index in [9.17, 15) is 10.1 Å². The van der Waals surface area contributed by atoms with Crippen molar-refractivity contribution in [3.63, 3.8) is 0 Å². The number of rotatable bonds is 5. The van der Waals surface area contributed by atoms with Crippen LogP contribution in [-0.4, -0.2) is 42.4 Å². The first-order chi connectivity index (χ1) is 11.2. The van der Waals surface area contributed by atoms with Gasteiger partial charge in [0.05, 0.1) is 24.4 Å². The van der Waals surface area contributed by atoms with Crippen molar-refractivity contribution in [1.29, 1.82) is 0 Å². The molecule has 23 heavy (non-hydrogen) atoms. The Labute approximate surface area is 131 Å². The molecule has 2 aromatic heterocycles. The molecule has 1 aliphatic rings. The Kier molecular flexibility index (Phi) is 4.48. The van der Waals surface area contributed by atoms with Crippen LogP contribution in [-0.2, 0) is 4.74 Å². The number of anilines is 2. The minimum atomic E-state index is -0.520. The fourth-order valence-electron chi connectivity index (χ4n) is 2.15. The molecule has 3 rings (SSSR count). The zero-order valence-corrected chi connectivity index (χ0v) is 12.2. The molecule has 1 saturated heterocycles. The van der Waals surface area contributed by atoms with Gasteiger partial charge in [0.15, 0.2) is 5.88 Å². The summed E-state index contributed by atoms with van der Waals surface area (Å²) in [4.78, 5) is 16.3. The summed E-state index contributed by atoms with van der Waals surface area (Å²) in [6.45, 7) is 2.91. The zero-order valence-electron chi connectivity index (χ0n) is 12.2. The van der Waals surface area contributed by atoms with Crippen LogP contribution in [0.4, 0.5) is 17.4 Å². The summed E-state index contributed by atoms with van der Waals surface area (Å²) in [6, 6.07) is 6.49. The molecule has 1 aliphatic heterocycles. The minimum absolute atomic E-state index is 0.0775. The monoisotopic (exact) mass is 317 g/mol. The van der Waals surface area contributed by atoms with E-state index in [1.807, 2.05) is 6.07 Å². The molecular formula is C14H15N5O4. The summed E-state index contributed by atoms with van der Waals surface area (Å²) in [5.74, 6) is 1.37. The molecule has 0 atom stereocenters. The Morgan fingerprint density at radius 2 is 2.17 bits per heavy atom. The lowest BCUT2D eigenvalue weighted by molar-refractivity contribution is -0.384. The second kappa shape index (κ2) is 6.88. The van der Waals surface area contributed by atoms with Crippen LogP contribution in [0, 0.1) is 10.1 Å². The third kappa shape index (κ3) is 3.64. The first kappa shape index (κ1) is 15.0. The van der Waals surface area contributed by atoms with Crippen LogP contribution in [0.1, 0.15) is 5.76 Å².